The molecular formula is C12H16N4O2. The number of fused-ring (bicyclic) bond motifs is 1. The maximum atomic E-state index is 12.0. The third kappa shape index (κ3) is 2.04. The Bertz CT molecular complexity index is 465. The molecule has 1 saturated heterocycles. The molecule has 0 saturated carbocycles. The van der Waals surface area contributed by atoms with Gasteiger partial charge in [-0.05, 0) is 19.2 Å². The molecule has 1 aromatic rings. The highest BCUT2D eigenvalue weighted by atomic mass is 16.5. The molecule has 0 aliphatic carbocycles. The number of likely N-dealkylation sites (N-methyl/N-ethyl adjacent to an activating group) is 1. The van der Waals surface area contributed by atoms with Crippen molar-refractivity contribution >= 4 is 11.7 Å². The lowest BCUT2D eigenvalue weighted by molar-refractivity contribution is -0.125. The lowest BCUT2D eigenvalue weighted by atomic mass is 10.1. The van der Waals surface area contributed by atoms with Crippen LogP contribution in [0.4, 0.5) is 5.82 Å². The van der Waals surface area contributed by atoms with Gasteiger partial charge in [0.1, 0.15) is 0 Å². The Hall–Kier alpha value is -1.66. The maximum Gasteiger partial charge on any atom is 0.268 e. The van der Waals surface area contributed by atoms with Gasteiger partial charge in [0.2, 0.25) is 0 Å². The standard InChI is InChI=1S/C12H16N4O2/c1-16-6-5-13-8(7-16)10-12(17)15-11-9(18-10)3-2-4-14-11/h2-4,8,10,13H,5-7H2,1H3,(H,14,15,17). The summed E-state index contributed by atoms with van der Waals surface area (Å²) in [5.41, 5.74) is 0. The molecule has 2 atom stereocenters. The van der Waals surface area contributed by atoms with E-state index in [1.54, 1.807) is 12.3 Å². The fourth-order valence-corrected chi connectivity index (χ4v) is 2.36. The average Bonchev–Trinajstić information content (AvgIpc) is 2.38. The summed E-state index contributed by atoms with van der Waals surface area (Å²) in [5, 5.41) is 6.12. The van der Waals surface area contributed by atoms with E-state index in [0.29, 0.717) is 11.6 Å². The van der Waals surface area contributed by atoms with Crippen molar-refractivity contribution in [2.75, 3.05) is 32.0 Å². The number of carbonyl (C=O) groups excluding carboxylic acids is 1. The molecule has 0 radical (unpaired) electrons. The van der Waals surface area contributed by atoms with Crippen LogP contribution in [-0.2, 0) is 4.79 Å². The second-order valence-corrected chi connectivity index (χ2v) is 4.70. The molecule has 6 nitrogen and oxygen atoms in total. The van der Waals surface area contributed by atoms with E-state index < -0.39 is 6.10 Å². The molecule has 0 spiro atoms. The van der Waals surface area contributed by atoms with E-state index in [-0.39, 0.29) is 11.9 Å². The number of hydrogen-bond acceptors (Lipinski definition) is 5. The summed E-state index contributed by atoms with van der Waals surface area (Å²) in [7, 11) is 2.05. The summed E-state index contributed by atoms with van der Waals surface area (Å²) < 4.78 is 5.77. The molecule has 1 aromatic heterocycles. The number of nitrogens with one attached hydrogen (secondary N) is 2. The molecule has 3 heterocycles. The zero-order valence-electron chi connectivity index (χ0n) is 10.2. The normalized spacial score (nSPS) is 28.2. The van der Waals surface area contributed by atoms with Gasteiger partial charge in [0, 0.05) is 25.8 Å². The second kappa shape index (κ2) is 4.55. The Morgan fingerprint density at radius 2 is 2.44 bits per heavy atom. The van der Waals surface area contributed by atoms with Crippen LogP contribution < -0.4 is 15.4 Å². The van der Waals surface area contributed by atoms with E-state index in [4.69, 9.17) is 4.74 Å². The van der Waals surface area contributed by atoms with Gasteiger partial charge in [0.05, 0.1) is 6.04 Å². The first-order valence-electron chi connectivity index (χ1n) is 6.08. The Balaban J connectivity index is 1.80. The van der Waals surface area contributed by atoms with Crippen LogP contribution in [0.1, 0.15) is 0 Å². The molecule has 0 aromatic carbocycles. The van der Waals surface area contributed by atoms with Crippen molar-refractivity contribution in [2.45, 2.75) is 12.1 Å². The molecule has 2 aliphatic rings. The fourth-order valence-electron chi connectivity index (χ4n) is 2.36. The predicted octanol–water partition coefficient (Wildman–Crippen LogP) is -0.315. The molecule has 1 amide bonds. The van der Waals surface area contributed by atoms with Gasteiger partial charge in [0.15, 0.2) is 17.7 Å². The largest absolute Gasteiger partial charge is 0.475 e. The summed E-state index contributed by atoms with van der Waals surface area (Å²) in [6, 6.07) is 3.63. The van der Waals surface area contributed by atoms with Gasteiger partial charge in [0.25, 0.3) is 5.91 Å². The van der Waals surface area contributed by atoms with Gasteiger partial charge >= 0.3 is 0 Å². The third-order valence-electron chi connectivity index (χ3n) is 3.30. The number of pyridine rings is 1. The van der Waals surface area contributed by atoms with Crippen molar-refractivity contribution in [1.82, 2.24) is 15.2 Å². The SMILES string of the molecule is CN1CCNC(C2Oc3cccnc3NC2=O)C1. The van der Waals surface area contributed by atoms with Crippen molar-refractivity contribution in [1.29, 1.82) is 0 Å². The zero-order chi connectivity index (χ0) is 12.5. The van der Waals surface area contributed by atoms with E-state index in [0.717, 1.165) is 19.6 Å². The van der Waals surface area contributed by atoms with Crippen molar-refractivity contribution in [3.8, 4) is 5.75 Å². The van der Waals surface area contributed by atoms with Gasteiger partial charge in [-0.3, -0.25) is 4.79 Å². The van der Waals surface area contributed by atoms with Gasteiger partial charge in [-0.1, -0.05) is 0 Å². The minimum absolute atomic E-state index is 0.0112. The number of carbonyl (C=O) groups is 1. The highest BCUT2D eigenvalue weighted by molar-refractivity contribution is 5.97. The van der Waals surface area contributed by atoms with Crippen LogP contribution in [0.25, 0.3) is 0 Å². The number of aromatic nitrogens is 1. The van der Waals surface area contributed by atoms with Gasteiger partial charge in [-0.25, -0.2) is 4.98 Å². The molecular weight excluding hydrogens is 232 g/mol. The highest BCUT2D eigenvalue weighted by Gasteiger charge is 2.36. The molecule has 18 heavy (non-hydrogen) atoms. The van der Waals surface area contributed by atoms with Gasteiger partial charge in [-0.2, -0.15) is 0 Å². The molecule has 1 fully saturated rings. The maximum absolute atomic E-state index is 12.0. The monoisotopic (exact) mass is 248 g/mol. The van der Waals surface area contributed by atoms with Crippen LogP contribution in [0.3, 0.4) is 0 Å². The summed E-state index contributed by atoms with van der Waals surface area (Å²) in [4.78, 5) is 18.3. The van der Waals surface area contributed by atoms with E-state index in [2.05, 4.69) is 20.5 Å². The minimum Gasteiger partial charge on any atom is -0.475 e. The topological polar surface area (TPSA) is 66.5 Å². The Kier molecular flexibility index (Phi) is 2.89. The number of hydrogen-bond donors (Lipinski definition) is 2. The van der Waals surface area contributed by atoms with E-state index in [1.807, 2.05) is 13.1 Å². The molecule has 0 bridgehead atoms. The summed E-state index contributed by atoms with van der Waals surface area (Å²) in [6.45, 7) is 2.66. The van der Waals surface area contributed by atoms with Crippen molar-refractivity contribution in [2.24, 2.45) is 0 Å². The number of rotatable bonds is 1. The zero-order valence-corrected chi connectivity index (χ0v) is 10.2. The molecule has 2 N–H and O–H groups in total. The Morgan fingerprint density at radius 1 is 1.56 bits per heavy atom. The Morgan fingerprint density at radius 3 is 3.28 bits per heavy atom. The van der Waals surface area contributed by atoms with Gasteiger partial charge < -0.3 is 20.3 Å². The Labute approximate surface area is 105 Å². The first kappa shape index (κ1) is 11.4. The third-order valence-corrected chi connectivity index (χ3v) is 3.30. The lowest BCUT2D eigenvalue weighted by Gasteiger charge is -2.36. The van der Waals surface area contributed by atoms with Crippen molar-refractivity contribution < 1.29 is 9.53 Å². The number of nitrogens with zero attached hydrogens (tertiary/aromatic N) is 2. The molecule has 2 unspecified atom stereocenters. The molecule has 2 aliphatic heterocycles. The fraction of sp³-hybridized carbons (Fsp3) is 0.500. The predicted molar refractivity (Wildman–Crippen MR) is 66.6 cm³/mol. The summed E-state index contributed by atoms with van der Waals surface area (Å²) in [5.74, 6) is 1.01. The summed E-state index contributed by atoms with van der Waals surface area (Å²) >= 11 is 0. The lowest BCUT2D eigenvalue weighted by Crippen LogP contribution is -2.60. The molecule has 3 rings (SSSR count). The number of amides is 1. The first-order chi connectivity index (χ1) is 8.74. The smallest absolute Gasteiger partial charge is 0.268 e. The first-order valence-corrected chi connectivity index (χ1v) is 6.08. The quantitative estimate of drug-likeness (QED) is 0.713. The van der Waals surface area contributed by atoms with Crippen LogP contribution in [0.5, 0.6) is 5.75 Å². The molecule has 96 valence electrons. The average molecular weight is 248 g/mol. The van der Waals surface area contributed by atoms with Crippen molar-refractivity contribution in [3.05, 3.63) is 18.3 Å². The number of piperazine rings is 1. The highest BCUT2D eigenvalue weighted by Crippen LogP contribution is 2.27. The van der Waals surface area contributed by atoms with Crippen LogP contribution in [0.15, 0.2) is 18.3 Å². The summed E-state index contributed by atoms with van der Waals surface area (Å²) in [6.07, 6.45) is 1.14. The van der Waals surface area contributed by atoms with Crippen LogP contribution >= 0.6 is 0 Å². The van der Waals surface area contributed by atoms with Crippen LogP contribution in [-0.4, -0.2) is 54.6 Å². The number of anilines is 1. The van der Waals surface area contributed by atoms with Crippen molar-refractivity contribution in [3.63, 3.8) is 0 Å². The number of ether oxygens (including phenoxy) is 1. The van der Waals surface area contributed by atoms with Gasteiger partial charge in [-0.15, -0.1) is 0 Å². The van der Waals surface area contributed by atoms with Crippen LogP contribution in [0.2, 0.25) is 0 Å². The van der Waals surface area contributed by atoms with Crippen LogP contribution in [0, 0.1) is 0 Å². The van der Waals surface area contributed by atoms with E-state index in [9.17, 15) is 4.79 Å². The molecule has 6 heteroatoms. The minimum atomic E-state index is -0.496. The van der Waals surface area contributed by atoms with E-state index >= 15 is 0 Å². The van der Waals surface area contributed by atoms with E-state index in [1.165, 1.54) is 0 Å². The second-order valence-electron chi connectivity index (χ2n) is 4.70.